The Kier molecular flexibility index (Phi) is 5.73. The molecule has 23 heavy (non-hydrogen) atoms. The first-order valence-corrected chi connectivity index (χ1v) is 7.58. The summed E-state index contributed by atoms with van der Waals surface area (Å²) >= 11 is 0. The second-order valence-electron chi connectivity index (χ2n) is 5.58. The van der Waals surface area contributed by atoms with Crippen LogP contribution in [0.25, 0.3) is 0 Å². The average Bonchev–Trinajstić information content (AvgIpc) is 2.99. The molecule has 0 radical (unpaired) electrons. The van der Waals surface area contributed by atoms with Gasteiger partial charge >= 0.3 is 6.01 Å². The molecular weight excluding hydrogens is 300 g/mol. The number of rotatable bonds is 6. The van der Waals surface area contributed by atoms with Crippen molar-refractivity contribution in [3.8, 4) is 11.9 Å². The second kappa shape index (κ2) is 7.56. The van der Waals surface area contributed by atoms with E-state index in [2.05, 4.69) is 21.9 Å². The van der Waals surface area contributed by atoms with E-state index >= 15 is 0 Å². The van der Waals surface area contributed by atoms with E-state index in [4.69, 9.17) is 14.3 Å². The largest absolute Gasteiger partial charge is 0.481 e. The maximum atomic E-state index is 12.2. The zero-order chi connectivity index (χ0) is 17.0. The van der Waals surface area contributed by atoms with Crippen LogP contribution in [0.5, 0.6) is 11.9 Å². The molecule has 1 amide bonds. The zero-order valence-corrected chi connectivity index (χ0v) is 14.3. The van der Waals surface area contributed by atoms with Gasteiger partial charge in [0.05, 0.1) is 14.2 Å². The predicted octanol–water partition coefficient (Wildman–Crippen LogP) is 0.980. The van der Waals surface area contributed by atoms with Gasteiger partial charge in [-0.25, -0.2) is 5.06 Å². The molecule has 1 fully saturated rings. The molecule has 2 heterocycles. The third-order valence-electron chi connectivity index (χ3n) is 4.08. The molecule has 8 nitrogen and oxygen atoms in total. The van der Waals surface area contributed by atoms with Crippen LogP contribution in [0.3, 0.4) is 0 Å². The maximum absolute atomic E-state index is 12.2. The van der Waals surface area contributed by atoms with Gasteiger partial charge in [-0.1, -0.05) is 0 Å². The van der Waals surface area contributed by atoms with Gasteiger partial charge < -0.3 is 9.47 Å². The molecule has 0 aromatic carbocycles. The number of hydrogen-bond donors (Lipinski definition) is 0. The number of ether oxygens (including phenoxy) is 2. The van der Waals surface area contributed by atoms with Crippen LogP contribution in [0.4, 0.5) is 0 Å². The molecule has 0 saturated carbocycles. The predicted molar refractivity (Wildman–Crippen MR) is 83.4 cm³/mol. The van der Waals surface area contributed by atoms with E-state index in [0.29, 0.717) is 6.04 Å². The van der Waals surface area contributed by atoms with Crippen LogP contribution in [0.1, 0.15) is 30.3 Å². The maximum Gasteiger partial charge on any atom is 0.320 e. The molecule has 1 aliphatic heterocycles. The highest BCUT2D eigenvalue weighted by Gasteiger charge is 2.28. The second-order valence-corrected chi connectivity index (χ2v) is 5.58. The first-order valence-electron chi connectivity index (χ1n) is 7.58. The Morgan fingerprint density at radius 2 is 2.17 bits per heavy atom. The van der Waals surface area contributed by atoms with Gasteiger partial charge in [0.15, 0.2) is 0 Å². The van der Waals surface area contributed by atoms with Crippen molar-refractivity contribution in [3.63, 3.8) is 0 Å². The molecule has 0 N–H and O–H groups in total. The van der Waals surface area contributed by atoms with Gasteiger partial charge in [0.1, 0.15) is 11.8 Å². The lowest BCUT2D eigenvalue weighted by molar-refractivity contribution is -0.0761. The van der Waals surface area contributed by atoms with Crippen molar-refractivity contribution < 1.29 is 19.1 Å². The lowest BCUT2D eigenvalue weighted by Crippen LogP contribution is -2.38. The van der Waals surface area contributed by atoms with E-state index in [1.807, 2.05) is 6.92 Å². The van der Waals surface area contributed by atoms with E-state index in [9.17, 15) is 4.79 Å². The molecule has 1 saturated heterocycles. The van der Waals surface area contributed by atoms with Gasteiger partial charge in [0, 0.05) is 19.2 Å². The summed E-state index contributed by atoms with van der Waals surface area (Å²) in [6.45, 7) is 3.04. The van der Waals surface area contributed by atoms with Crippen LogP contribution in [-0.2, 0) is 4.84 Å². The lowest BCUT2D eigenvalue weighted by atomic mass is 10.1. The number of carbonyl (C=O) groups is 1. The van der Waals surface area contributed by atoms with E-state index < -0.39 is 5.91 Å². The fourth-order valence-corrected chi connectivity index (χ4v) is 2.69. The smallest absolute Gasteiger partial charge is 0.320 e. The Morgan fingerprint density at radius 3 is 2.74 bits per heavy atom. The third-order valence-corrected chi connectivity index (χ3v) is 4.08. The molecule has 128 valence electrons. The summed E-state index contributed by atoms with van der Waals surface area (Å²) in [7, 11) is 6.47. The summed E-state index contributed by atoms with van der Waals surface area (Å²) in [4.78, 5) is 27.7. The molecule has 2 atom stereocenters. The van der Waals surface area contributed by atoms with Crippen LogP contribution in [0, 0.1) is 0 Å². The number of hydroxylamine groups is 2. The SMILES string of the molecule is COc1cc(C(=O)N(C)OC)nc(O[C@@H](C)[C@@H]2CCCN2C)n1. The lowest BCUT2D eigenvalue weighted by Gasteiger charge is -2.26. The Bertz CT molecular complexity index is 554. The van der Waals surface area contributed by atoms with Crippen molar-refractivity contribution in [2.45, 2.75) is 31.9 Å². The van der Waals surface area contributed by atoms with Crippen molar-refractivity contribution in [1.29, 1.82) is 0 Å². The Hall–Kier alpha value is -1.93. The normalized spacial score (nSPS) is 19.4. The number of amides is 1. The third kappa shape index (κ3) is 4.08. The van der Waals surface area contributed by atoms with Crippen LogP contribution < -0.4 is 9.47 Å². The van der Waals surface area contributed by atoms with Crippen molar-refractivity contribution >= 4 is 5.91 Å². The number of methoxy groups -OCH3 is 1. The number of likely N-dealkylation sites (N-methyl/N-ethyl adjacent to an activating group) is 1. The molecule has 1 aromatic rings. The number of nitrogens with zero attached hydrogens (tertiary/aromatic N) is 4. The molecule has 0 unspecified atom stereocenters. The van der Waals surface area contributed by atoms with Gasteiger partial charge in [-0.15, -0.1) is 0 Å². The minimum absolute atomic E-state index is 0.0855. The fraction of sp³-hybridized carbons (Fsp3) is 0.667. The highest BCUT2D eigenvalue weighted by atomic mass is 16.7. The highest BCUT2D eigenvalue weighted by molar-refractivity contribution is 5.91. The van der Waals surface area contributed by atoms with Crippen molar-refractivity contribution in [3.05, 3.63) is 11.8 Å². The van der Waals surface area contributed by atoms with Crippen LogP contribution in [0.15, 0.2) is 6.07 Å². The van der Waals surface area contributed by atoms with E-state index in [-0.39, 0.29) is 23.7 Å². The van der Waals surface area contributed by atoms with Gasteiger partial charge in [-0.05, 0) is 33.4 Å². The minimum Gasteiger partial charge on any atom is -0.481 e. The van der Waals surface area contributed by atoms with Crippen molar-refractivity contribution in [2.75, 3.05) is 34.9 Å². The minimum atomic E-state index is -0.399. The number of hydrogen-bond acceptors (Lipinski definition) is 7. The first-order chi connectivity index (χ1) is 11.0. The molecule has 1 aromatic heterocycles. The standard InChI is InChI=1S/C15H24N4O4/c1-10(12-7-6-8-18(12)2)23-15-16-11(9-13(17-15)21-4)14(20)19(3)22-5/h9-10,12H,6-8H2,1-5H3/t10-,12-/m0/s1. The van der Waals surface area contributed by atoms with Gasteiger partial charge in [0.2, 0.25) is 5.88 Å². The van der Waals surface area contributed by atoms with E-state index in [1.165, 1.54) is 27.3 Å². The van der Waals surface area contributed by atoms with Crippen molar-refractivity contribution in [2.24, 2.45) is 0 Å². The molecule has 0 spiro atoms. The quantitative estimate of drug-likeness (QED) is 0.722. The van der Waals surface area contributed by atoms with Gasteiger partial charge in [0.25, 0.3) is 5.91 Å². The zero-order valence-electron chi connectivity index (χ0n) is 14.3. The van der Waals surface area contributed by atoms with Crippen LogP contribution >= 0.6 is 0 Å². The van der Waals surface area contributed by atoms with Gasteiger partial charge in [-0.2, -0.15) is 9.97 Å². The van der Waals surface area contributed by atoms with Crippen molar-refractivity contribution in [1.82, 2.24) is 19.9 Å². The molecular formula is C15H24N4O4. The molecule has 8 heteroatoms. The summed E-state index contributed by atoms with van der Waals surface area (Å²) in [5, 5.41) is 1.08. The summed E-state index contributed by atoms with van der Waals surface area (Å²) < 4.78 is 11.0. The highest BCUT2D eigenvalue weighted by Crippen LogP contribution is 2.22. The molecule has 0 aliphatic carbocycles. The topological polar surface area (TPSA) is 77.0 Å². The summed E-state index contributed by atoms with van der Waals surface area (Å²) in [5.41, 5.74) is 0.156. The molecule has 0 bridgehead atoms. The Morgan fingerprint density at radius 1 is 1.43 bits per heavy atom. The number of carbonyl (C=O) groups excluding carboxylic acids is 1. The van der Waals surface area contributed by atoms with Crippen LogP contribution in [0.2, 0.25) is 0 Å². The van der Waals surface area contributed by atoms with Gasteiger partial charge in [-0.3, -0.25) is 14.5 Å². The summed E-state index contributed by atoms with van der Waals surface area (Å²) in [5.74, 6) is -0.126. The van der Waals surface area contributed by atoms with Crippen LogP contribution in [-0.4, -0.2) is 72.8 Å². The Labute approximate surface area is 136 Å². The monoisotopic (exact) mass is 324 g/mol. The molecule has 1 aliphatic rings. The van der Waals surface area contributed by atoms with E-state index in [1.54, 1.807) is 0 Å². The number of likely N-dealkylation sites (tertiary alicyclic amines) is 1. The fourth-order valence-electron chi connectivity index (χ4n) is 2.69. The Balaban J connectivity index is 2.19. The summed E-state index contributed by atoms with van der Waals surface area (Å²) in [6, 6.07) is 1.90. The van der Waals surface area contributed by atoms with E-state index in [0.717, 1.165) is 24.4 Å². The average molecular weight is 324 g/mol. The first kappa shape index (κ1) is 17.4. The number of aromatic nitrogens is 2. The molecule has 2 rings (SSSR count). The summed E-state index contributed by atoms with van der Waals surface area (Å²) in [6.07, 6.45) is 2.13.